The number of aromatic nitrogens is 1. The SMILES string of the molecule is COC(=O)C(C(=O)OC)C(Nc1nc2ccc(OC)cc2s1)c1ccc(Cl)cc1. The quantitative estimate of drug-likeness (QED) is 0.443. The van der Waals surface area contributed by atoms with Gasteiger partial charge in [0.25, 0.3) is 0 Å². The topological polar surface area (TPSA) is 86.8 Å². The van der Waals surface area contributed by atoms with Gasteiger partial charge in [0.05, 0.1) is 37.6 Å². The van der Waals surface area contributed by atoms with E-state index in [2.05, 4.69) is 10.3 Å². The number of thiazole rings is 1. The predicted octanol–water partition coefficient (Wildman–Crippen LogP) is 4.07. The van der Waals surface area contributed by atoms with Gasteiger partial charge in [0, 0.05) is 5.02 Å². The summed E-state index contributed by atoms with van der Waals surface area (Å²) in [6.07, 6.45) is 0. The minimum atomic E-state index is -1.23. The molecule has 0 bridgehead atoms. The van der Waals surface area contributed by atoms with E-state index in [4.69, 9.17) is 25.8 Å². The van der Waals surface area contributed by atoms with Crippen LogP contribution in [0, 0.1) is 5.92 Å². The van der Waals surface area contributed by atoms with Gasteiger partial charge in [-0.3, -0.25) is 9.59 Å². The molecule has 1 N–H and O–H groups in total. The maximum Gasteiger partial charge on any atom is 0.322 e. The van der Waals surface area contributed by atoms with Crippen molar-refractivity contribution in [3.63, 3.8) is 0 Å². The number of fused-ring (bicyclic) bond motifs is 1. The first-order valence-corrected chi connectivity index (χ1v) is 9.78. The molecule has 0 radical (unpaired) electrons. The molecule has 0 saturated carbocycles. The molecule has 0 aliphatic carbocycles. The number of nitrogens with zero attached hydrogens (tertiary/aromatic N) is 1. The number of carbonyl (C=O) groups is 2. The van der Waals surface area contributed by atoms with E-state index in [9.17, 15) is 9.59 Å². The Hall–Kier alpha value is -2.84. The smallest absolute Gasteiger partial charge is 0.322 e. The molecule has 0 aliphatic rings. The minimum absolute atomic E-state index is 0.533. The minimum Gasteiger partial charge on any atom is -0.497 e. The fraction of sp³-hybridized carbons (Fsp3) is 0.250. The monoisotopic (exact) mass is 434 g/mol. The number of esters is 2. The van der Waals surface area contributed by atoms with Crippen molar-refractivity contribution in [2.24, 2.45) is 5.92 Å². The number of hydrogen-bond acceptors (Lipinski definition) is 8. The lowest BCUT2D eigenvalue weighted by Gasteiger charge is -2.24. The van der Waals surface area contributed by atoms with E-state index in [1.807, 2.05) is 18.2 Å². The first-order chi connectivity index (χ1) is 14.0. The third kappa shape index (κ3) is 4.60. The highest BCUT2D eigenvalue weighted by Gasteiger charge is 2.38. The Kier molecular flexibility index (Phi) is 6.56. The maximum atomic E-state index is 12.4. The molecule has 152 valence electrons. The zero-order valence-electron chi connectivity index (χ0n) is 16.0. The molecule has 0 fully saturated rings. The molecular weight excluding hydrogens is 416 g/mol. The van der Waals surface area contributed by atoms with Crippen LogP contribution in [0.3, 0.4) is 0 Å². The summed E-state index contributed by atoms with van der Waals surface area (Å²) in [6.45, 7) is 0. The van der Waals surface area contributed by atoms with Gasteiger partial charge in [-0.25, -0.2) is 4.98 Å². The lowest BCUT2D eigenvalue weighted by atomic mass is 9.93. The number of halogens is 1. The zero-order valence-corrected chi connectivity index (χ0v) is 17.5. The Morgan fingerprint density at radius 2 is 1.69 bits per heavy atom. The highest BCUT2D eigenvalue weighted by atomic mass is 35.5. The highest BCUT2D eigenvalue weighted by Crippen LogP contribution is 2.34. The van der Waals surface area contributed by atoms with Crippen molar-refractivity contribution < 1.29 is 23.8 Å². The second kappa shape index (κ2) is 9.11. The van der Waals surface area contributed by atoms with Gasteiger partial charge in [-0.1, -0.05) is 35.1 Å². The second-order valence-corrected chi connectivity index (χ2v) is 7.52. The summed E-state index contributed by atoms with van der Waals surface area (Å²) in [5.41, 5.74) is 1.42. The van der Waals surface area contributed by atoms with Crippen LogP contribution in [0.2, 0.25) is 5.02 Å². The van der Waals surface area contributed by atoms with Gasteiger partial charge in [0.2, 0.25) is 0 Å². The summed E-state index contributed by atoms with van der Waals surface area (Å²) in [5, 5.41) is 4.26. The van der Waals surface area contributed by atoms with E-state index in [1.165, 1.54) is 25.6 Å². The molecule has 9 heteroatoms. The Labute approximate surface area is 176 Å². The molecule has 0 aliphatic heterocycles. The van der Waals surface area contributed by atoms with Crippen LogP contribution in [-0.2, 0) is 19.1 Å². The molecule has 1 unspecified atom stereocenters. The largest absolute Gasteiger partial charge is 0.497 e. The molecule has 3 aromatic rings. The van der Waals surface area contributed by atoms with Crippen molar-refractivity contribution in [2.75, 3.05) is 26.6 Å². The normalized spacial score (nSPS) is 11.9. The fourth-order valence-corrected chi connectivity index (χ4v) is 3.94. The van der Waals surface area contributed by atoms with Crippen molar-refractivity contribution >= 4 is 50.2 Å². The van der Waals surface area contributed by atoms with Crippen molar-refractivity contribution in [1.29, 1.82) is 0 Å². The van der Waals surface area contributed by atoms with Crippen LogP contribution in [-0.4, -0.2) is 38.3 Å². The summed E-state index contributed by atoms with van der Waals surface area (Å²) in [5.74, 6) is -1.95. The summed E-state index contributed by atoms with van der Waals surface area (Å²) < 4.78 is 15.8. The zero-order chi connectivity index (χ0) is 21.0. The summed E-state index contributed by atoms with van der Waals surface area (Å²) in [7, 11) is 4.04. The Bertz CT molecular complexity index is 1010. The summed E-state index contributed by atoms with van der Waals surface area (Å²) >= 11 is 7.37. The molecule has 1 atom stereocenters. The van der Waals surface area contributed by atoms with Gasteiger partial charge in [-0.15, -0.1) is 0 Å². The van der Waals surface area contributed by atoms with Crippen LogP contribution in [0.25, 0.3) is 10.2 Å². The first kappa shape index (κ1) is 20.9. The van der Waals surface area contributed by atoms with Crippen LogP contribution in [0.15, 0.2) is 42.5 Å². The average molecular weight is 435 g/mol. The van der Waals surface area contributed by atoms with Crippen molar-refractivity contribution in [2.45, 2.75) is 6.04 Å². The van der Waals surface area contributed by atoms with Gasteiger partial charge in [-0.2, -0.15) is 0 Å². The van der Waals surface area contributed by atoms with E-state index in [0.29, 0.717) is 21.5 Å². The number of ether oxygens (including phenoxy) is 3. The van der Waals surface area contributed by atoms with Gasteiger partial charge in [0.15, 0.2) is 11.0 Å². The average Bonchev–Trinajstić information content (AvgIpc) is 3.14. The fourth-order valence-electron chi connectivity index (χ4n) is 2.88. The van der Waals surface area contributed by atoms with E-state index >= 15 is 0 Å². The molecule has 7 nitrogen and oxygen atoms in total. The molecule has 3 rings (SSSR count). The molecule has 2 aromatic carbocycles. The predicted molar refractivity (Wildman–Crippen MR) is 112 cm³/mol. The molecule has 1 aromatic heterocycles. The third-order valence-electron chi connectivity index (χ3n) is 4.35. The van der Waals surface area contributed by atoms with Gasteiger partial charge in [0.1, 0.15) is 5.75 Å². The number of methoxy groups -OCH3 is 3. The first-order valence-electron chi connectivity index (χ1n) is 8.59. The standard InChI is InChI=1S/C20H19ClN2O5S/c1-26-13-8-9-14-15(10-13)29-20(22-14)23-17(11-4-6-12(21)7-5-11)16(18(24)27-2)19(25)28-3/h4-10,16-17H,1-3H3,(H,22,23). The second-order valence-electron chi connectivity index (χ2n) is 6.05. The Morgan fingerprint density at radius 3 is 2.28 bits per heavy atom. The van der Waals surface area contributed by atoms with Gasteiger partial charge in [-0.05, 0) is 35.9 Å². The number of carbonyl (C=O) groups excluding carboxylic acids is 2. The summed E-state index contributed by atoms with van der Waals surface area (Å²) in [4.78, 5) is 29.4. The maximum absolute atomic E-state index is 12.4. The van der Waals surface area contributed by atoms with Crippen molar-refractivity contribution in [1.82, 2.24) is 4.98 Å². The van der Waals surface area contributed by atoms with Crippen molar-refractivity contribution in [3.05, 3.63) is 53.1 Å². The van der Waals surface area contributed by atoms with E-state index < -0.39 is 23.9 Å². The van der Waals surface area contributed by atoms with Gasteiger partial charge < -0.3 is 19.5 Å². The Morgan fingerprint density at radius 1 is 1.03 bits per heavy atom. The number of anilines is 1. The lowest BCUT2D eigenvalue weighted by Crippen LogP contribution is -2.35. The van der Waals surface area contributed by atoms with Crippen LogP contribution >= 0.6 is 22.9 Å². The number of benzene rings is 2. The van der Waals surface area contributed by atoms with Gasteiger partial charge >= 0.3 is 11.9 Å². The van der Waals surface area contributed by atoms with Crippen molar-refractivity contribution in [3.8, 4) is 5.75 Å². The number of nitrogens with one attached hydrogen (secondary N) is 1. The Balaban J connectivity index is 2.03. The van der Waals surface area contributed by atoms with Crippen LogP contribution < -0.4 is 10.1 Å². The van der Waals surface area contributed by atoms with Crippen LogP contribution in [0.5, 0.6) is 5.75 Å². The molecule has 0 saturated heterocycles. The van der Waals surface area contributed by atoms with E-state index in [-0.39, 0.29) is 0 Å². The summed E-state index contributed by atoms with van der Waals surface area (Å²) in [6, 6.07) is 11.6. The lowest BCUT2D eigenvalue weighted by molar-refractivity contribution is -0.159. The third-order valence-corrected chi connectivity index (χ3v) is 5.55. The van der Waals surface area contributed by atoms with E-state index in [0.717, 1.165) is 10.2 Å². The molecular formula is C20H19ClN2O5S. The van der Waals surface area contributed by atoms with Crippen LogP contribution in [0.4, 0.5) is 5.13 Å². The number of hydrogen-bond donors (Lipinski definition) is 1. The highest BCUT2D eigenvalue weighted by molar-refractivity contribution is 7.22. The van der Waals surface area contributed by atoms with E-state index in [1.54, 1.807) is 31.4 Å². The molecule has 1 heterocycles. The molecule has 29 heavy (non-hydrogen) atoms. The number of rotatable bonds is 7. The molecule has 0 spiro atoms. The van der Waals surface area contributed by atoms with Crippen LogP contribution in [0.1, 0.15) is 11.6 Å². The molecule has 0 amide bonds.